The molecule has 0 radical (unpaired) electrons. The van der Waals surface area contributed by atoms with Crippen LogP contribution in [-0.2, 0) is 9.53 Å². The molecule has 2 aromatic heterocycles. The minimum absolute atomic E-state index is 0.235. The molecule has 2 heterocycles. The Balaban J connectivity index is 1.48. The van der Waals surface area contributed by atoms with Gasteiger partial charge in [0.1, 0.15) is 17.2 Å². The number of aryl methyl sites for hydroxylation is 1. The van der Waals surface area contributed by atoms with Gasteiger partial charge in [-0.05, 0) is 49.6 Å². The van der Waals surface area contributed by atoms with E-state index in [9.17, 15) is 19.5 Å². The van der Waals surface area contributed by atoms with E-state index in [0.29, 0.717) is 28.5 Å². The number of fused-ring (bicyclic) bond motifs is 1. The highest BCUT2D eigenvalue weighted by molar-refractivity contribution is 5.96. The van der Waals surface area contributed by atoms with Gasteiger partial charge in [0.05, 0.1) is 25.1 Å². The number of hydrogen-bond acceptors (Lipinski definition) is 6. The Labute approximate surface area is 238 Å². The van der Waals surface area contributed by atoms with E-state index in [4.69, 9.17) is 9.72 Å². The standard InChI is InChI=1S/C32H34N4O5/c1-20-8-10-21(11-9-20)26(19-28(37)38)34-31(39)24-16-17-36-27(18-24)35-29(30(36)33-25-6-4-3-5-7-25)22-12-14-23(15-13-22)32(40)41-2/h8-18,25-26,33H,3-7,19H2,1-2H3,(H,34,39)(H,37,38). The number of carbonyl (C=O) groups excluding carboxylic acids is 2. The van der Waals surface area contributed by atoms with Gasteiger partial charge in [-0.15, -0.1) is 0 Å². The predicted molar refractivity (Wildman–Crippen MR) is 156 cm³/mol. The molecule has 0 saturated heterocycles. The zero-order chi connectivity index (χ0) is 28.9. The third kappa shape index (κ3) is 6.40. The van der Waals surface area contributed by atoms with Gasteiger partial charge in [0.25, 0.3) is 5.91 Å². The van der Waals surface area contributed by atoms with Crippen molar-refractivity contribution in [3.05, 3.63) is 89.1 Å². The van der Waals surface area contributed by atoms with Gasteiger partial charge in [-0.1, -0.05) is 61.2 Å². The minimum Gasteiger partial charge on any atom is -0.481 e. The maximum atomic E-state index is 13.3. The third-order valence-corrected chi connectivity index (χ3v) is 7.58. The monoisotopic (exact) mass is 554 g/mol. The van der Waals surface area contributed by atoms with Crippen LogP contribution in [0.15, 0.2) is 66.9 Å². The number of ether oxygens (including phenoxy) is 1. The van der Waals surface area contributed by atoms with Crippen molar-refractivity contribution >= 4 is 29.3 Å². The third-order valence-electron chi connectivity index (χ3n) is 7.58. The molecule has 1 atom stereocenters. The van der Waals surface area contributed by atoms with E-state index in [-0.39, 0.29) is 12.3 Å². The Morgan fingerprint density at radius 1 is 1.00 bits per heavy atom. The first-order valence-electron chi connectivity index (χ1n) is 13.9. The second kappa shape index (κ2) is 12.2. The number of nitrogens with zero attached hydrogens (tertiary/aromatic N) is 2. The molecule has 0 spiro atoms. The van der Waals surface area contributed by atoms with Gasteiger partial charge in [0, 0.05) is 23.4 Å². The van der Waals surface area contributed by atoms with Gasteiger partial charge in [-0.3, -0.25) is 14.0 Å². The summed E-state index contributed by atoms with van der Waals surface area (Å²) in [6, 6.07) is 17.6. The van der Waals surface area contributed by atoms with E-state index in [1.807, 2.05) is 53.9 Å². The van der Waals surface area contributed by atoms with Crippen molar-refractivity contribution in [1.82, 2.24) is 14.7 Å². The van der Waals surface area contributed by atoms with Crippen molar-refractivity contribution in [3.63, 3.8) is 0 Å². The van der Waals surface area contributed by atoms with Gasteiger partial charge in [-0.2, -0.15) is 0 Å². The summed E-state index contributed by atoms with van der Waals surface area (Å²) in [6.07, 6.45) is 7.28. The smallest absolute Gasteiger partial charge is 0.337 e. The lowest BCUT2D eigenvalue weighted by Gasteiger charge is -2.24. The summed E-state index contributed by atoms with van der Waals surface area (Å²) in [7, 11) is 1.35. The Morgan fingerprint density at radius 2 is 1.71 bits per heavy atom. The fourth-order valence-corrected chi connectivity index (χ4v) is 5.31. The summed E-state index contributed by atoms with van der Waals surface area (Å²) >= 11 is 0. The van der Waals surface area contributed by atoms with Crippen molar-refractivity contribution in [2.24, 2.45) is 0 Å². The highest BCUT2D eigenvalue weighted by Crippen LogP contribution is 2.32. The van der Waals surface area contributed by atoms with Crippen LogP contribution in [0.5, 0.6) is 0 Å². The first-order chi connectivity index (χ1) is 19.8. The van der Waals surface area contributed by atoms with Gasteiger partial charge in [0.2, 0.25) is 0 Å². The molecule has 5 rings (SSSR count). The maximum absolute atomic E-state index is 13.3. The fourth-order valence-electron chi connectivity index (χ4n) is 5.31. The molecule has 1 aliphatic carbocycles. The van der Waals surface area contributed by atoms with Crippen molar-refractivity contribution in [2.75, 3.05) is 12.4 Å². The molecule has 41 heavy (non-hydrogen) atoms. The van der Waals surface area contributed by atoms with Gasteiger partial charge in [0.15, 0.2) is 0 Å². The molecule has 9 nitrogen and oxygen atoms in total. The molecular formula is C32H34N4O5. The summed E-state index contributed by atoms with van der Waals surface area (Å²) in [5.74, 6) is -0.961. The zero-order valence-electron chi connectivity index (χ0n) is 23.2. The van der Waals surface area contributed by atoms with Crippen molar-refractivity contribution < 1.29 is 24.2 Å². The van der Waals surface area contributed by atoms with Gasteiger partial charge < -0.3 is 20.5 Å². The normalized spacial score (nSPS) is 14.4. The van der Waals surface area contributed by atoms with Crippen LogP contribution in [-0.4, -0.2) is 45.5 Å². The number of rotatable bonds is 9. The average molecular weight is 555 g/mol. The Morgan fingerprint density at radius 3 is 2.37 bits per heavy atom. The Kier molecular flexibility index (Phi) is 8.33. The van der Waals surface area contributed by atoms with Crippen LogP contribution >= 0.6 is 0 Å². The molecule has 1 amide bonds. The highest BCUT2D eigenvalue weighted by atomic mass is 16.5. The van der Waals surface area contributed by atoms with E-state index < -0.39 is 18.0 Å². The lowest BCUT2D eigenvalue weighted by molar-refractivity contribution is -0.137. The van der Waals surface area contributed by atoms with Crippen LogP contribution in [0, 0.1) is 6.92 Å². The number of carboxylic acid groups (broad SMARTS) is 1. The van der Waals surface area contributed by atoms with Crippen molar-refractivity contribution in [2.45, 2.75) is 57.5 Å². The van der Waals surface area contributed by atoms with E-state index in [1.54, 1.807) is 24.3 Å². The summed E-state index contributed by atoms with van der Waals surface area (Å²) in [5.41, 5.74) is 4.72. The lowest BCUT2D eigenvalue weighted by atomic mass is 9.95. The average Bonchev–Trinajstić information content (AvgIpc) is 3.34. The number of nitrogens with one attached hydrogen (secondary N) is 2. The molecule has 1 saturated carbocycles. The number of anilines is 1. The van der Waals surface area contributed by atoms with Gasteiger partial charge >= 0.3 is 11.9 Å². The summed E-state index contributed by atoms with van der Waals surface area (Å²) in [5, 5.41) is 16.0. The van der Waals surface area contributed by atoms with Crippen LogP contribution in [0.1, 0.15) is 76.4 Å². The number of aromatic nitrogens is 2. The van der Waals surface area contributed by atoms with Crippen LogP contribution in [0.2, 0.25) is 0 Å². The first-order valence-corrected chi connectivity index (χ1v) is 13.9. The number of benzene rings is 2. The molecule has 3 N–H and O–H groups in total. The number of hydrogen-bond donors (Lipinski definition) is 3. The fraction of sp³-hybridized carbons (Fsp3) is 0.312. The maximum Gasteiger partial charge on any atom is 0.337 e. The molecule has 1 aliphatic rings. The van der Waals surface area contributed by atoms with E-state index in [2.05, 4.69) is 10.6 Å². The summed E-state index contributed by atoms with van der Waals surface area (Å²) in [6.45, 7) is 1.95. The molecule has 9 heteroatoms. The van der Waals surface area contributed by atoms with Crippen LogP contribution in [0.3, 0.4) is 0 Å². The number of carbonyl (C=O) groups is 3. The molecule has 4 aromatic rings. The number of esters is 1. The second-order valence-electron chi connectivity index (χ2n) is 10.5. The quantitative estimate of drug-likeness (QED) is 0.224. The Bertz CT molecular complexity index is 1550. The lowest BCUT2D eigenvalue weighted by Crippen LogP contribution is -2.30. The zero-order valence-corrected chi connectivity index (χ0v) is 23.2. The molecule has 0 bridgehead atoms. The molecule has 212 valence electrons. The van der Waals surface area contributed by atoms with Crippen LogP contribution < -0.4 is 10.6 Å². The molecule has 0 aliphatic heterocycles. The van der Waals surface area contributed by atoms with Crippen molar-refractivity contribution in [3.8, 4) is 11.3 Å². The van der Waals surface area contributed by atoms with Gasteiger partial charge in [-0.25, -0.2) is 9.78 Å². The number of pyridine rings is 1. The molecule has 1 unspecified atom stereocenters. The first kappa shape index (κ1) is 27.9. The summed E-state index contributed by atoms with van der Waals surface area (Å²) < 4.78 is 6.76. The topological polar surface area (TPSA) is 122 Å². The molecule has 2 aromatic carbocycles. The van der Waals surface area contributed by atoms with E-state index in [0.717, 1.165) is 35.3 Å². The van der Waals surface area contributed by atoms with E-state index >= 15 is 0 Å². The number of methoxy groups -OCH3 is 1. The molecular weight excluding hydrogens is 520 g/mol. The highest BCUT2D eigenvalue weighted by Gasteiger charge is 2.23. The minimum atomic E-state index is -0.999. The Hall–Kier alpha value is -4.66. The van der Waals surface area contributed by atoms with E-state index in [1.165, 1.54) is 26.4 Å². The SMILES string of the molecule is COC(=O)c1ccc(-c2nc3cc(C(=O)NC(CC(=O)O)c4ccc(C)cc4)ccn3c2NC2CCCCC2)cc1. The number of amides is 1. The largest absolute Gasteiger partial charge is 0.481 e. The number of carboxylic acids is 1. The molecule has 1 fully saturated rings. The predicted octanol–water partition coefficient (Wildman–Crippen LogP) is 5.79. The second-order valence-corrected chi connectivity index (χ2v) is 10.5. The van der Waals surface area contributed by atoms with Crippen LogP contribution in [0.4, 0.5) is 5.82 Å². The van der Waals surface area contributed by atoms with Crippen molar-refractivity contribution in [1.29, 1.82) is 0 Å². The summed E-state index contributed by atoms with van der Waals surface area (Å²) in [4.78, 5) is 41.7. The van der Waals surface area contributed by atoms with Crippen LogP contribution in [0.25, 0.3) is 16.9 Å². The number of imidazole rings is 1. The number of aliphatic carboxylic acids is 1.